The lowest BCUT2D eigenvalue weighted by Crippen LogP contribution is -2.34. The van der Waals surface area contributed by atoms with Gasteiger partial charge in [0.1, 0.15) is 11.6 Å². The van der Waals surface area contributed by atoms with Gasteiger partial charge in [-0.2, -0.15) is 0 Å². The van der Waals surface area contributed by atoms with E-state index in [1.165, 1.54) is 6.07 Å². The Balaban J connectivity index is 2.21. The summed E-state index contributed by atoms with van der Waals surface area (Å²) in [5.41, 5.74) is 0.356. The van der Waals surface area contributed by atoms with Crippen LogP contribution in [0, 0.1) is 11.6 Å². The van der Waals surface area contributed by atoms with Crippen molar-refractivity contribution >= 4 is 5.91 Å². The predicted molar refractivity (Wildman–Crippen MR) is 51.3 cm³/mol. The zero-order valence-electron chi connectivity index (χ0n) is 8.09. The fraction of sp³-hybridized carbons (Fsp3) is 0.364. The second-order valence-corrected chi connectivity index (χ2v) is 3.71. The highest BCUT2D eigenvalue weighted by Crippen LogP contribution is 2.26. The molecule has 1 heterocycles. The number of carbonyl (C=O) groups is 1. The first-order valence-electron chi connectivity index (χ1n) is 4.88. The minimum Gasteiger partial charge on any atom is -0.355 e. The fourth-order valence-corrected chi connectivity index (χ4v) is 1.83. The highest BCUT2D eigenvalue weighted by atomic mass is 19.1. The molecule has 1 unspecified atom stereocenters. The SMILES string of the molecule is O=C1CCC(c2cc(F)ccc2F)CN1. The summed E-state index contributed by atoms with van der Waals surface area (Å²) in [7, 11) is 0. The number of rotatable bonds is 1. The first-order valence-corrected chi connectivity index (χ1v) is 4.88. The van der Waals surface area contributed by atoms with Crippen LogP contribution in [0.3, 0.4) is 0 Å². The number of carbonyl (C=O) groups excluding carboxylic acids is 1. The molecule has 15 heavy (non-hydrogen) atoms. The number of amides is 1. The number of piperidine rings is 1. The molecular formula is C11H11F2NO. The Bertz CT molecular complexity index is 382. The van der Waals surface area contributed by atoms with Crippen LogP contribution < -0.4 is 5.32 Å². The van der Waals surface area contributed by atoms with Crippen LogP contribution in [0.2, 0.25) is 0 Å². The van der Waals surface area contributed by atoms with Gasteiger partial charge in [-0.05, 0) is 30.2 Å². The molecule has 1 N–H and O–H groups in total. The van der Waals surface area contributed by atoms with E-state index >= 15 is 0 Å². The Labute approximate surface area is 86.3 Å². The molecule has 1 aromatic carbocycles. The maximum absolute atomic E-state index is 13.4. The molecule has 80 valence electrons. The van der Waals surface area contributed by atoms with Crippen molar-refractivity contribution < 1.29 is 13.6 Å². The molecule has 2 rings (SSSR count). The van der Waals surface area contributed by atoms with Crippen LogP contribution in [0.4, 0.5) is 8.78 Å². The molecular weight excluding hydrogens is 200 g/mol. The van der Waals surface area contributed by atoms with Crippen molar-refractivity contribution in [3.8, 4) is 0 Å². The molecule has 0 radical (unpaired) electrons. The summed E-state index contributed by atoms with van der Waals surface area (Å²) in [4.78, 5) is 10.9. The first-order chi connectivity index (χ1) is 7.16. The van der Waals surface area contributed by atoms with Crippen LogP contribution >= 0.6 is 0 Å². The van der Waals surface area contributed by atoms with E-state index in [0.29, 0.717) is 24.9 Å². The Morgan fingerprint density at radius 1 is 1.33 bits per heavy atom. The van der Waals surface area contributed by atoms with Gasteiger partial charge in [0.05, 0.1) is 0 Å². The summed E-state index contributed by atoms with van der Waals surface area (Å²) in [5, 5.41) is 2.65. The van der Waals surface area contributed by atoms with Crippen molar-refractivity contribution in [1.82, 2.24) is 5.32 Å². The maximum atomic E-state index is 13.4. The smallest absolute Gasteiger partial charge is 0.220 e. The lowest BCUT2D eigenvalue weighted by molar-refractivity contribution is -0.122. The monoisotopic (exact) mass is 211 g/mol. The molecule has 2 nitrogen and oxygen atoms in total. The molecule has 0 bridgehead atoms. The summed E-state index contributed by atoms with van der Waals surface area (Å²) in [6, 6.07) is 3.43. The van der Waals surface area contributed by atoms with E-state index in [4.69, 9.17) is 0 Å². The van der Waals surface area contributed by atoms with Crippen molar-refractivity contribution in [3.63, 3.8) is 0 Å². The van der Waals surface area contributed by atoms with Gasteiger partial charge in [-0.15, -0.1) is 0 Å². The lowest BCUT2D eigenvalue weighted by atomic mass is 9.91. The topological polar surface area (TPSA) is 29.1 Å². The highest BCUT2D eigenvalue weighted by molar-refractivity contribution is 5.76. The molecule has 1 aliphatic rings. The predicted octanol–water partition coefficient (Wildman–Crippen LogP) is 1.96. The molecule has 1 fully saturated rings. The molecule has 1 aromatic rings. The first kappa shape index (κ1) is 10.1. The van der Waals surface area contributed by atoms with Gasteiger partial charge in [0.15, 0.2) is 0 Å². The Hall–Kier alpha value is -1.45. The van der Waals surface area contributed by atoms with Crippen molar-refractivity contribution in [2.24, 2.45) is 0 Å². The van der Waals surface area contributed by atoms with Crippen LogP contribution in [0.25, 0.3) is 0 Å². The van der Waals surface area contributed by atoms with Gasteiger partial charge in [0.25, 0.3) is 0 Å². The number of hydrogen-bond donors (Lipinski definition) is 1. The van der Waals surface area contributed by atoms with E-state index in [-0.39, 0.29) is 11.8 Å². The molecule has 1 atom stereocenters. The van der Waals surface area contributed by atoms with Crippen molar-refractivity contribution in [2.45, 2.75) is 18.8 Å². The average molecular weight is 211 g/mol. The van der Waals surface area contributed by atoms with Crippen molar-refractivity contribution in [2.75, 3.05) is 6.54 Å². The van der Waals surface area contributed by atoms with E-state index in [1.54, 1.807) is 0 Å². The Morgan fingerprint density at radius 2 is 2.13 bits per heavy atom. The van der Waals surface area contributed by atoms with Crippen LogP contribution in [-0.2, 0) is 4.79 Å². The summed E-state index contributed by atoms with van der Waals surface area (Å²) >= 11 is 0. The third-order valence-electron chi connectivity index (χ3n) is 2.66. The van der Waals surface area contributed by atoms with Crippen LogP contribution in [0.1, 0.15) is 24.3 Å². The van der Waals surface area contributed by atoms with E-state index in [9.17, 15) is 13.6 Å². The minimum absolute atomic E-state index is 0.0249. The Morgan fingerprint density at radius 3 is 2.80 bits per heavy atom. The van der Waals surface area contributed by atoms with E-state index < -0.39 is 11.6 Å². The molecule has 0 aliphatic carbocycles. The molecule has 0 spiro atoms. The largest absolute Gasteiger partial charge is 0.355 e. The van der Waals surface area contributed by atoms with E-state index in [2.05, 4.69) is 5.32 Å². The third kappa shape index (κ3) is 2.14. The van der Waals surface area contributed by atoms with E-state index in [0.717, 1.165) is 12.1 Å². The summed E-state index contributed by atoms with van der Waals surface area (Å²) < 4.78 is 26.3. The molecule has 0 saturated carbocycles. The standard InChI is InChI=1S/C11H11F2NO/c12-8-2-3-10(13)9(5-8)7-1-4-11(15)14-6-7/h2-3,5,7H,1,4,6H2,(H,14,15). The fourth-order valence-electron chi connectivity index (χ4n) is 1.83. The van der Waals surface area contributed by atoms with Gasteiger partial charge >= 0.3 is 0 Å². The van der Waals surface area contributed by atoms with Gasteiger partial charge in [-0.3, -0.25) is 4.79 Å². The zero-order chi connectivity index (χ0) is 10.8. The normalized spacial score (nSPS) is 21.2. The van der Waals surface area contributed by atoms with Gasteiger partial charge in [-0.1, -0.05) is 0 Å². The highest BCUT2D eigenvalue weighted by Gasteiger charge is 2.22. The quantitative estimate of drug-likeness (QED) is 0.755. The maximum Gasteiger partial charge on any atom is 0.220 e. The summed E-state index contributed by atoms with van der Waals surface area (Å²) in [6.07, 6.45) is 0.951. The van der Waals surface area contributed by atoms with Crippen molar-refractivity contribution in [1.29, 1.82) is 0 Å². The van der Waals surface area contributed by atoms with E-state index in [1.807, 2.05) is 0 Å². The second kappa shape index (κ2) is 3.96. The molecule has 0 aromatic heterocycles. The van der Waals surface area contributed by atoms with Gasteiger partial charge in [0.2, 0.25) is 5.91 Å². The number of halogens is 2. The molecule has 4 heteroatoms. The number of hydrogen-bond acceptors (Lipinski definition) is 1. The minimum atomic E-state index is -0.441. The number of nitrogens with one attached hydrogen (secondary N) is 1. The summed E-state index contributed by atoms with van der Waals surface area (Å²) in [5.74, 6) is -0.984. The average Bonchev–Trinajstić information content (AvgIpc) is 2.23. The molecule has 1 saturated heterocycles. The van der Waals surface area contributed by atoms with Crippen LogP contribution in [-0.4, -0.2) is 12.5 Å². The third-order valence-corrected chi connectivity index (χ3v) is 2.66. The van der Waals surface area contributed by atoms with Gasteiger partial charge in [-0.25, -0.2) is 8.78 Å². The van der Waals surface area contributed by atoms with Gasteiger partial charge < -0.3 is 5.32 Å². The van der Waals surface area contributed by atoms with Gasteiger partial charge in [0, 0.05) is 18.9 Å². The number of benzene rings is 1. The van der Waals surface area contributed by atoms with Crippen LogP contribution in [0.15, 0.2) is 18.2 Å². The lowest BCUT2D eigenvalue weighted by Gasteiger charge is -2.23. The second-order valence-electron chi connectivity index (χ2n) is 3.71. The zero-order valence-corrected chi connectivity index (χ0v) is 8.09. The van der Waals surface area contributed by atoms with Crippen LogP contribution in [0.5, 0.6) is 0 Å². The Kier molecular flexibility index (Phi) is 2.66. The summed E-state index contributed by atoms with van der Waals surface area (Å²) in [6.45, 7) is 0.388. The van der Waals surface area contributed by atoms with Crippen molar-refractivity contribution in [3.05, 3.63) is 35.4 Å². The molecule has 1 aliphatic heterocycles. The molecule has 1 amide bonds.